The number of hydrogen-bond donors (Lipinski definition) is 1. The highest BCUT2D eigenvalue weighted by Crippen LogP contribution is 2.50. The van der Waals surface area contributed by atoms with Gasteiger partial charge in [-0.15, -0.1) is 0 Å². The highest BCUT2D eigenvalue weighted by atomic mass is 16.5. The summed E-state index contributed by atoms with van der Waals surface area (Å²) in [6.45, 7) is 23.9. The van der Waals surface area contributed by atoms with Crippen LogP contribution in [-0.2, 0) is 113 Å². The van der Waals surface area contributed by atoms with Crippen molar-refractivity contribution in [1.29, 1.82) is 0 Å². The number of carbonyl (C=O) groups excluding carboxylic acids is 5. The fraction of sp³-hybridized carbons (Fsp3) is 0.320. The number of fused-ring (bicyclic) bond motifs is 5. The number of carbonyl (C=O) groups is 5. The van der Waals surface area contributed by atoms with Crippen LogP contribution in [0.5, 0.6) is 0 Å². The predicted octanol–water partition coefficient (Wildman–Crippen LogP) is 26.7. The summed E-state index contributed by atoms with van der Waals surface area (Å²) in [6, 6.07) is 114. The van der Waals surface area contributed by atoms with E-state index in [-0.39, 0.29) is 77.7 Å². The summed E-state index contributed by atoms with van der Waals surface area (Å²) in [6.07, 6.45) is 6.06. The molecule has 0 heterocycles. The Morgan fingerprint density at radius 3 is 0.725 bits per heavy atom. The lowest BCUT2D eigenvalue weighted by atomic mass is 9.87. The lowest BCUT2D eigenvalue weighted by molar-refractivity contribution is -0.123. The Morgan fingerprint density at radius 2 is 0.486 bits per heavy atom. The van der Waals surface area contributed by atoms with Gasteiger partial charge in [-0.2, -0.15) is 0 Å². The standard InChI is InChI=1S/3C25H29NO2.2C25H26O2/c2*1-18(2)28-17-19-9-13-22(14-10-19)25(26(3)4)24(27)16-20-11-12-21-7-5-6-8-23(21)15-20;1-18(2)28-17-19-7-11-22(12-8-19)24(13-14-26)25(27)16-20-9-10-21-5-3-4-6-23(21)15-20;2*1-17(2)27-16-18-7-11-21(12-8-18)23-15-24(23)25(26)14-19-9-10-20-5-3-4-6-22(20)13-19/h2*5-15,18,25H,16-17H2,1-4H3;3-12,15,18,24H,13-14,16-17,26H2,1-2H3;2*3-13,17,23-24H,14-16H2,1-2H3/t25-;;24-;23-,24+;/m1.10./s1. The minimum Gasteiger partial charge on any atom is -0.374 e. The monoisotopic (exact) mass is 1840 g/mol. The topological polar surface area (TPSA) is 164 Å². The van der Waals surface area contributed by atoms with Crippen molar-refractivity contribution in [2.45, 2.75) is 214 Å². The molecule has 2 fully saturated rings. The molecule has 2 aliphatic rings. The van der Waals surface area contributed by atoms with Gasteiger partial charge in [-0.3, -0.25) is 33.8 Å². The van der Waals surface area contributed by atoms with E-state index in [2.05, 4.69) is 218 Å². The van der Waals surface area contributed by atoms with Crippen LogP contribution in [0.3, 0.4) is 0 Å². The van der Waals surface area contributed by atoms with Crippen LogP contribution in [-0.4, -0.2) is 104 Å². The van der Waals surface area contributed by atoms with Crippen molar-refractivity contribution in [3.63, 3.8) is 0 Å². The molecular formula is C125H139N3O10. The first-order chi connectivity index (χ1) is 66.6. The van der Waals surface area contributed by atoms with Crippen LogP contribution in [0.2, 0.25) is 0 Å². The molecule has 3 unspecified atom stereocenters. The molecule has 15 aromatic carbocycles. The maximum atomic E-state index is 13.1. The van der Waals surface area contributed by atoms with Gasteiger partial charge >= 0.3 is 0 Å². The second-order valence-corrected chi connectivity index (χ2v) is 38.9. The molecule has 7 atom stereocenters. The summed E-state index contributed by atoms with van der Waals surface area (Å²) in [4.78, 5) is 68.7. The van der Waals surface area contributed by atoms with E-state index in [0.29, 0.717) is 102 Å². The van der Waals surface area contributed by atoms with Gasteiger partial charge in [0, 0.05) is 49.9 Å². The number of ketones is 5. The Balaban J connectivity index is 0.000000146. The molecule has 714 valence electrons. The molecule has 2 saturated carbocycles. The number of likely N-dealkylation sites (N-methyl/N-ethyl adjacent to an activating group) is 2. The molecule has 17 rings (SSSR count). The van der Waals surface area contributed by atoms with E-state index in [1.165, 1.54) is 70.7 Å². The maximum Gasteiger partial charge on any atom is 0.158 e. The lowest BCUT2D eigenvalue weighted by Crippen LogP contribution is -2.29. The minimum atomic E-state index is -0.258. The van der Waals surface area contributed by atoms with Gasteiger partial charge in [0.1, 0.15) is 17.3 Å². The third-order valence-corrected chi connectivity index (χ3v) is 25.6. The van der Waals surface area contributed by atoms with Crippen molar-refractivity contribution in [2.75, 3.05) is 34.7 Å². The van der Waals surface area contributed by atoms with E-state index in [1.807, 2.05) is 222 Å². The molecule has 0 radical (unpaired) electrons. The van der Waals surface area contributed by atoms with Gasteiger partial charge in [-0.05, 0) is 272 Å². The zero-order chi connectivity index (χ0) is 97.7. The van der Waals surface area contributed by atoms with E-state index >= 15 is 0 Å². The van der Waals surface area contributed by atoms with Crippen molar-refractivity contribution in [1.82, 2.24) is 9.80 Å². The molecule has 0 spiro atoms. The molecule has 2 N–H and O–H groups in total. The molecule has 0 amide bonds. The average Bonchev–Trinajstić information content (AvgIpc) is 1.62. The molecule has 0 saturated heterocycles. The number of Topliss-reactive ketones (excluding diaryl/α,β-unsaturated/α-hetero) is 5. The van der Waals surface area contributed by atoms with Crippen LogP contribution in [0.15, 0.2) is 334 Å². The molecule has 15 aromatic rings. The quantitative estimate of drug-likeness (QED) is 0.0387. The first-order valence-electron chi connectivity index (χ1n) is 49.2. The van der Waals surface area contributed by atoms with Crippen LogP contribution in [0.4, 0.5) is 0 Å². The van der Waals surface area contributed by atoms with E-state index in [4.69, 9.17) is 29.4 Å². The van der Waals surface area contributed by atoms with Gasteiger partial charge in [0.25, 0.3) is 0 Å². The SMILES string of the molecule is CC(C)OCc1ccc(C(C(=O)Cc2ccc3ccccc3c2)N(C)C)cc1.CC(C)OCc1ccc(C2CC2C(=O)Cc2ccc3ccccc3c2)cc1.CC(C)OCc1ccc([C@@H](CCN)C(=O)Cc2ccc3ccccc3c2)cc1.CC(C)OCc1ccc([C@@H]2C[C@H]2C(=O)Cc2ccc3ccccc3c2)cc1.CC(C)OCc1ccc([C@H](C(=O)Cc2ccc3ccccc3c2)N(C)C)cc1. The number of rotatable bonds is 39. The Hall–Kier alpha value is -12.4. The van der Waals surface area contributed by atoms with Gasteiger partial charge in [-0.1, -0.05) is 334 Å². The maximum absolute atomic E-state index is 13.1. The third-order valence-electron chi connectivity index (χ3n) is 25.6. The molecule has 0 aromatic heterocycles. The summed E-state index contributed by atoms with van der Waals surface area (Å²) >= 11 is 0. The normalized spacial score (nSPS) is 15.0. The van der Waals surface area contributed by atoms with E-state index in [0.717, 1.165) is 79.4 Å². The fourth-order valence-corrected chi connectivity index (χ4v) is 17.9. The van der Waals surface area contributed by atoms with Crippen LogP contribution in [0.1, 0.15) is 202 Å². The van der Waals surface area contributed by atoms with E-state index in [9.17, 15) is 24.0 Å². The van der Waals surface area contributed by atoms with Crippen LogP contribution in [0, 0.1) is 11.8 Å². The van der Waals surface area contributed by atoms with Crippen molar-refractivity contribution in [3.05, 3.63) is 417 Å². The zero-order valence-electron chi connectivity index (χ0n) is 83.1. The molecule has 0 bridgehead atoms. The molecule has 13 nitrogen and oxygen atoms in total. The first-order valence-corrected chi connectivity index (χ1v) is 49.2. The average molecular weight is 1840 g/mol. The van der Waals surface area contributed by atoms with Crippen molar-refractivity contribution >= 4 is 82.8 Å². The minimum absolute atomic E-state index is 0.170. The Kier molecular flexibility index (Phi) is 37.9. The second-order valence-electron chi connectivity index (χ2n) is 38.9. The predicted molar refractivity (Wildman–Crippen MR) is 566 cm³/mol. The summed E-state index contributed by atoms with van der Waals surface area (Å²) in [5.74, 6) is 2.30. The molecule has 2 aliphatic carbocycles. The van der Waals surface area contributed by atoms with Gasteiger partial charge in [-0.25, -0.2) is 0 Å². The molecular weight excluding hydrogens is 1700 g/mol. The highest BCUT2D eigenvalue weighted by Gasteiger charge is 2.44. The number of hydrogen-bond acceptors (Lipinski definition) is 13. The molecule has 13 heteroatoms. The lowest BCUT2D eigenvalue weighted by Gasteiger charge is -2.24. The van der Waals surface area contributed by atoms with Gasteiger partial charge in [0.15, 0.2) is 11.6 Å². The number of nitrogens with two attached hydrogens (primary N) is 1. The summed E-state index contributed by atoms with van der Waals surface area (Å²) in [5.41, 5.74) is 22.6. The van der Waals surface area contributed by atoms with E-state index in [1.54, 1.807) is 0 Å². The molecule has 0 aliphatic heterocycles. The van der Waals surface area contributed by atoms with Gasteiger partial charge in [0.05, 0.1) is 75.6 Å². The second kappa shape index (κ2) is 50.8. The molecule has 138 heavy (non-hydrogen) atoms. The Morgan fingerprint density at radius 1 is 0.268 bits per heavy atom. The van der Waals surface area contributed by atoms with E-state index < -0.39 is 0 Å². The first kappa shape index (κ1) is 103. The number of nitrogens with zero attached hydrogens (tertiary/aromatic N) is 2. The Bertz CT molecular complexity index is 6160. The van der Waals surface area contributed by atoms with Crippen molar-refractivity contribution < 1.29 is 47.7 Å². The zero-order valence-corrected chi connectivity index (χ0v) is 83.1. The third kappa shape index (κ3) is 30.8. The summed E-state index contributed by atoms with van der Waals surface area (Å²) in [7, 11) is 7.83. The van der Waals surface area contributed by atoms with Crippen LogP contribution in [0.25, 0.3) is 53.9 Å². The smallest absolute Gasteiger partial charge is 0.158 e. The van der Waals surface area contributed by atoms with Gasteiger partial charge < -0.3 is 29.4 Å². The highest BCUT2D eigenvalue weighted by molar-refractivity contribution is 5.94. The summed E-state index contributed by atoms with van der Waals surface area (Å²) in [5, 5.41) is 11.9. The van der Waals surface area contributed by atoms with Crippen molar-refractivity contribution in [2.24, 2.45) is 17.6 Å². The van der Waals surface area contributed by atoms with Crippen molar-refractivity contribution in [3.8, 4) is 0 Å². The largest absolute Gasteiger partial charge is 0.374 e. The number of benzene rings is 15. The summed E-state index contributed by atoms with van der Waals surface area (Å²) < 4.78 is 28.3. The Labute approximate surface area is 818 Å². The number of ether oxygens (including phenoxy) is 5. The van der Waals surface area contributed by atoms with Gasteiger partial charge in [0.2, 0.25) is 0 Å². The van der Waals surface area contributed by atoms with Crippen LogP contribution < -0.4 is 5.73 Å². The van der Waals surface area contributed by atoms with Crippen LogP contribution >= 0.6 is 0 Å². The fourth-order valence-electron chi connectivity index (χ4n) is 17.9.